The van der Waals surface area contributed by atoms with Crippen molar-refractivity contribution in [2.45, 2.75) is 20.8 Å². The molecule has 27 heavy (non-hydrogen) atoms. The predicted octanol–water partition coefficient (Wildman–Crippen LogP) is 4.03. The maximum Gasteiger partial charge on any atom is 0.270 e. The van der Waals surface area contributed by atoms with Crippen LogP contribution in [0.4, 0.5) is 5.82 Å². The average Bonchev–Trinajstić information content (AvgIpc) is 2.62. The van der Waals surface area contributed by atoms with Gasteiger partial charge in [0.25, 0.3) is 10.0 Å². The molecule has 2 heterocycles. The van der Waals surface area contributed by atoms with Crippen molar-refractivity contribution >= 4 is 26.5 Å². The van der Waals surface area contributed by atoms with Gasteiger partial charge in [-0.3, -0.25) is 0 Å². The van der Waals surface area contributed by atoms with Gasteiger partial charge in [0.2, 0.25) is 0 Å². The van der Waals surface area contributed by atoms with Crippen LogP contribution in [0.15, 0.2) is 42.6 Å². The molecule has 7 heteroatoms. The number of aliphatic hydroxyl groups excluding tert-OH is 1. The van der Waals surface area contributed by atoms with Crippen molar-refractivity contribution in [1.29, 1.82) is 0 Å². The number of aromatic nitrogens is 1. The van der Waals surface area contributed by atoms with E-state index in [9.17, 15) is 13.5 Å². The average molecular weight is 460 g/mol. The van der Waals surface area contributed by atoms with Crippen LogP contribution in [0.25, 0.3) is 10.7 Å². The standard InChI is InChI=1S/C17H14N2O3S.C2H6.CH3.Y/c1-3-11-19-17-14(9-6-10-18-17)15(20)16(23(19,21)22)13-8-5-4-7-12(13)2;1-2;;/h1,4-10,20H,11H2,2H3;1-2H3;1H3;/q;;-1;. The van der Waals surface area contributed by atoms with Crippen LogP contribution in [-0.4, -0.2) is 25.1 Å². The second-order valence-electron chi connectivity index (χ2n) is 5.08. The first-order valence-corrected chi connectivity index (χ1v) is 9.33. The topological polar surface area (TPSA) is 70.5 Å². The maximum absolute atomic E-state index is 13.0. The van der Waals surface area contributed by atoms with Crippen LogP contribution in [0.3, 0.4) is 0 Å². The van der Waals surface area contributed by atoms with Crippen molar-refractivity contribution in [3.63, 3.8) is 0 Å². The van der Waals surface area contributed by atoms with E-state index in [1.165, 1.54) is 6.20 Å². The van der Waals surface area contributed by atoms with E-state index in [0.29, 0.717) is 11.1 Å². The first-order chi connectivity index (χ1) is 12.0. The van der Waals surface area contributed by atoms with Gasteiger partial charge in [-0.05, 0) is 24.6 Å². The van der Waals surface area contributed by atoms with Gasteiger partial charge in [0, 0.05) is 44.5 Å². The van der Waals surface area contributed by atoms with Crippen LogP contribution in [0.5, 0.6) is 0 Å². The third-order valence-electron chi connectivity index (χ3n) is 3.67. The van der Waals surface area contributed by atoms with Crippen molar-refractivity contribution in [3.8, 4) is 12.3 Å². The minimum absolute atomic E-state index is 0. The molecule has 0 saturated carbocycles. The number of rotatable bonds is 2. The summed E-state index contributed by atoms with van der Waals surface area (Å²) in [6.45, 7) is 5.63. The summed E-state index contributed by atoms with van der Waals surface area (Å²) in [5, 5.41) is 10.6. The Morgan fingerprint density at radius 2 is 1.74 bits per heavy atom. The second-order valence-corrected chi connectivity index (χ2v) is 6.88. The second kappa shape index (κ2) is 10.6. The molecule has 2 aromatic rings. The zero-order valence-corrected chi connectivity index (χ0v) is 19.6. The summed E-state index contributed by atoms with van der Waals surface area (Å²) < 4.78 is 27.0. The molecule has 0 aliphatic carbocycles. The molecule has 1 aromatic carbocycles. The molecular formula is C20H23N2O3SY-. The van der Waals surface area contributed by atoms with Gasteiger partial charge in [-0.2, -0.15) is 0 Å². The van der Waals surface area contributed by atoms with E-state index in [2.05, 4.69) is 10.9 Å². The number of hydrogen-bond donors (Lipinski definition) is 1. The first-order valence-electron chi connectivity index (χ1n) is 7.89. The first kappa shape index (κ1) is 25.3. The zero-order valence-electron chi connectivity index (χ0n) is 16.0. The molecule has 0 atom stereocenters. The van der Waals surface area contributed by atoms with Crippen molar-refractivity contribution < 1.29 is 46.2 Å². The van der Waals surface area contributed by atoms with Gasteiger partial charge in [-0.15, -0.1) is 6.42 Å². The summed E-state index contributed by atoms with van der Waals surface area (Å²) in [5.41, 5.74) is 1.53. The fourth-order valence-corrected chi connectivity index (χ4v) is 4.29. The molecule has 1 aromatic heterocycles. The number of nitrogens with zero attached hydrogens (tertiary/aromatic N) is 2. The molecule has 1 N–H and O–H groups in total. The summed E-state index contributed by atoms with van der Waals surface area (Å²) in [7, 11) is -4.01. The number of hydrogen-bond acceptors (Lipinski definition) is 4. The zero-order chi connectivity index (χ0) is 18.6. The van der Waals surface area contributed by atoms with Crippen LogP contribution < -0.4 is 4.31 Å². The van der Waals surface area contributed by atoms with E-state index in [0.717, 1.165) is 9.87 Å². The summed E-state index contributed by atoms with van der Waals surface area (Å²) in [4.78, 5) is 3.93. The van der Waals surface area contributed by atoms with Gasteiger partial charge in [0.1, 0.15) is 10.7 Å². The van der Waals surface area contributed by atoms with Crippen molar-refractivity contribution in [2.75, 3.05) is 10.8 Å². The molecule has 1 aliphatic heterocycles. The van der Waals surface area contributed by atoms with Gasteiger partial charge in [-0.25, -0.2) is 17.7 Å². The smallest absolute Gasteiger partial charge is 0.270 e. The fraction of sp³-hybridized carbons (Fsp3) is 0.200. The molecule has 1 radical (unpaired) electrons. The Morgan fingerprint density at radius 1 is 1.15 bits per heavy atom. The van der Waals surface area contributed by atoms with Gasteiger partial charge < -0.3 is 12.5 Å². The van der Waals surface area contributed by atoms with Crippen LogP contribution in [0, 0.1) is 26.7 Å². The fourth-order valence-electron chi connectivity index (χ4n) is 2.59. The van der Waals surface area contributed by atoms with E-state index in [1.54, 1.807) is 43.3 Å². The van der Waals surface area contributed by atoms with Crippen molar-refractivity contribution in [1.82, 2.24) is 4.98 Å². The molecule has 0 bridgehead atoms. The van der Waals surface area contributed by atoms with Crippen molar-refractivity contribution in [2.24, 2.45) is 0 Å². The molecule has 5 nitrogen and oxygen atoms in total. The Morgan fingerprint density at radius 3 is 2.33 bits per heavy atom. The molecule has 3 rings (SSSR count). The SMILES string of the molecule is C#CCN1c2ncccc2C(O)=C(c2ccccc2C)S1(=O)=O.CC.[CH3-].[Y]. The Hall–Kier alpha value is -1.68. The molecule has 0 unspecified atom stereocenters. The maximum atomic E-state index is 13.0. The Kier molecular flexibility index (Phi) is 9.95. The van der Waals surface area contributed by atoms with E-state index in [-0.39, 0.29) is 63.2 Å². The number of sulfonamides is 1. The number of aryl methyl sites for hydroxylation is 1. The van der Waals surface area contributed by atoms with Crippen molar-refractivity contribution in [3.05, 3.63) is 66.7 Å². The van der Waals surface area contributed by atoms with E-state index in [1.807, 2.05) is 13.8 Å². The third-order valence-corrected chi connectivity index (χ3v) is 5.48. The molecule has 0 fully saturated rings. The third kappa shape index (κ3) is 4.60. The van der Waals surface area contributed by atoms with Crippen LogP contribution in [0.1, 0.15) is 30.5 Å². The number of terminal acetylenes is 1. The van der Waals surface area contributed by atoms with Gasteiger partial charge in [0.05, 0.1) is 12.1 Å². The number of benzene rings is 1. The van der Waals surface area contributed by atoms with Crippen LogP contribution in [-0.2, 0) is 42.7 Å². The number of anilines is 1. The summed E-state index contributed by atoms with van der Waals surface area (Å²) in [5.74, 6) is 2.17. The summed E-state index contributed by atoms with van der Waals surface area (Å²) >= 11 is 0. The van der Waals surface area contributed by atoms with Gasteiger partial charge in [0.15, 0.2) is 5.82 Å². The Balaban J connectivity index is 0.00000164. The Bertz CT molecular complexity index is 963. The van der Waals surface area contributed by atoms with E-state index < -0.39 is 10.0 Å². The minimum atomic E-state index is -4.01. The quantitative estimate of drug-likeness (QED) is 0.543. The van der Waals surface area contributed by atoms with Gasteiger partial charge in [-0.1, -0.05) is 44.0 Å². The van der Waals surface area contributed by atoms with Crippen LogP contribution >= 0.6 is 0 Å². The van der Waals surface area contributed by atoms with Gasteiger partial charge >= 0.3 is 0 Å². The summed E-state index contributed by atoms with van der Waals surface area (Å²) in [6, 6.07) is 10.2. The van der Waals surface area contributed by atoms with Crippen LogP contribution in [0.2, 0.25) is 0 Å². The predicted molar refractivity (Wildman–Crippen MR) is 108 cm³/mol. The molecule has 0 spiro atoms. The summed E-state index contributed by atoms with van der Waals surface area (Å²) in [6.07, 6.45) is 6.79. The van der Waals surface area contributed by atoms with E-state index >= 15 is 0 Å². The van der Waals surface area contributed by atoms with E-state index in [4.69, 9.17) is 6.42 Å². The minimum Gasteiger partial charge on any atom is -0.506 e. The number of pyridine rings is 1. The molecule has 0 amide bonds. The monoisotopic (exact) mass is 460 g/mol. The molecule has 1 aliphatic rings. The molecule has 141 valence electrons. The molecule has 0 saturated heterocycles. The molecular weight excluding hydrogens is 437 g/mol. The Labute approximate surface area is 187 Å². The normalized spacial score (nSPS) is 13.8. The largest absolute Gasteiger partial charge is 0.506 e. The number of fused-ring (bicyclic) bond motifs is 1. The number of aliphatic hydroxyl groups is 1.